The zero-order valence-electron chi connectivity index (χ0n) is 18.8. The highest BCUT2D eigenvalue weighted by Gasteiger charge is 2.46. The Labute approximate surface area is 207 Å². The number of methoxy groups -OCH3 is 1. The van der Waals surface area contributed by atoms with E-state index in [0.29, 0.717) is 16.1 Å². The number of ketones is 1. The number of aliphatic hydroxyl groups is 1. The Balaban J connectivity index is 1.65. The molecule has 1 amide bonds. The molecule has 2 heterocycles. The summed E-state index contributed by atoms with van der Waals surface area (Å²) in [5.74, 6) is -0.951. The summed E-state index contributed by atoms with van der Waals surface area (Å²) in [7, 11) is 1.60. The third kappa shape index (κ3) is 4.24. The lowest BCUT2D eigenvalue weighted by atomic mass is 9.94. The molecule has 0 aliphatic carbocycles. The number of aromatic nitrogens is 1. The molecule has 1 aromatic heterocycles. The second-order valence-electron chi connectivity index (χ2n) is 8.27. The van der Waals surface area contributed by atoms with Gasteiger partial charge in [0.25, 0.3) is 11.7 Å². The largest absolute Gasteiger partial charge is 0.507 e. The molecule has 1 unspecified atom stereocenters. The number of Topliss-reactive ketones (excluding diaryl/α,β-unsaturated/α-hetero) is 1. The van der Waals surface area contributed by atoms with Crippen LogP contribution in [0.4, 0.5) is 0 Å². The topological polar surface area (TPSA) is 79.7 Å². The minimum absolute atomic E-state index is 0.0222. The van der Waals surface area contributed by atoms with Crippen LogP contribution in [0.2, 0.25) is 5.02 Å². The van der Waals surface area contributed by atoms with E-state index in [4.69, 9.17) is 16.3 Å². The number of carbonyl (C=O) groups excluding carboxylic acids is 2. The standard InChI is InChI=1S/C28H21ClN2O4/c1-35-23-10-9-18-12-21(8-7-19(18)14-23)26(32)24-25(20-5-2-6-22(29)13-20)31(28(34)27(24)33)16-17-4-3-11-30-15-17/h2-15,25,32H,16H2,1H3/b26-24+. The number of fused-ring (bicyclic) bond motifs is 1. The first-order valence-electron chi connectivity index (χ1n) is 11.0. The molecule has 5 rings (SSSR count). The summed E-state index contributed by atoms with van der Waals surface area (Å²) >= 11 is 6.25. The van der Waals surface area contributed by atoms with Gasteiger partial charge in [-0.05, 0) is 58.3 Å². The molecular formula is C28H21ClN2O4. The number of aliphatic hydroxyl groups excluding tert-OH is 1. The van der Waals surface area contributed by atoms with Crippen LogP contribution in [0.1, 0.15) is 22.7 Å². The Kier molecular flexibility index (Phi) is 5.97. The zero-order valence-corrected chi connectivity index (χ0v) is 19.6. The minimum Gasteiger partial charge on any atom is -0.507 e. The molecule has 1 aliphatic heterocycles. The molecule has 3 aromatic carbocycles. The average Bonchev–Trinajstić information content (AvgIpc) is 3.13. The number of pyridine rings is 1. The smallest absolute Gasteiger partial charge is 0.295 e. The van der Waals surface area contributed by atoms with Crippen LogP contribution in [0.15, 0.2) is 90.8 Å². The van der Waals surface area contributed by atoms with Gasteiger partial charge in [0, 0.05) is 29.5 Å². The van der Waals surface area contributed by atoms with E-state index in [1.54, 1.807) is 62.0 Å². The van der Waals surface area contributed by atoms with Gasteiger partial charge in [0.05, 0.1) is 18.7 Å². The van der Waals surface area contributed by atoms with Gasteiger partial charge in [-0.3, -0.25) is 14.6 Å². The first-order chi connectivity index (χ1) is 17.0. The fourth-order valence-corrected chi connectivity index (χ4v) is 4.61. The van der Waals surface area contributed by atoms with Crippen LogP contribution in [0.25, 0.3) is 16.5 Å². The van der Waals surface area contributed by atoms with Gasteiger partial charge in [0.2, 0.25) is 0 Å². The fourth-order valence-electron chi connectivity index (χ4n) is 4.41. The number of amides is 1. The van der Waals surface area contributed by atoms with Gasteiger partial charge in [-0.25, -0.2) is 0 Å². The van der Waals surface area contributed by atoms with Gasteiger partial charge < -0.3 is 14.7 Å². The van der Waals surface area contributed by atoms with E-state index in [0.717, 1.165) is 22.1 Å². The second kappa shape index (κ2) is 9.24. The Morgan fingerprint density at radius 3 is 2.57 bits per heavy atom. The van der Waals surface area contributed by atoms with Gasteiger partial charge in [0.1, 0.15) is 11.5 Å². The number of halogens is 1. The quantitative estimate of drug-likeness (QED) is 0.229. The van der Waals surface area contributed by atoms with Crippen molar-refractivity contribution in [1.29, 1.82) is 0 Å². The number of nitrogens with zero attached hydrogens (tertiary/aromatic N) is 2. The normalized spacial score (nSPS) is 17.2. The number of rotatable bonds is 5. The van der Waals surface area contributed by atoms with Crippen molar-refractivity contribution in [2.75, 3.05) is 7.11 Å². The summed E-state index contributed by atoms with van der Waals surface area (Å²) in [4.78, 5) is 32.0. The molecular weight excluding hydrogens is 464 g/mol. The van der Waals surface area contributed by atoms with E-state index in [-0.39, 0.29) is 17.9 Å². The summed E-state index contributed by atoms with van der Waals surface area (Å²) in [5, 5.41) is 13.6. The van der Waals surface area contributed by atoms with Crippen LogP contribution in [0.3, 0.4) is 0 Å². The number of hydrogen-bond acceptors (Lipinski definition) is 5. The molecule has 7 heteroatoms. The molecule has 1 atom stereocenters. The van der Waals surface area contributed by atoms with Crippen molar-refractivity contribution < 1.29 is 19.4 Å². The first kappa shape index (κ1) is 22.6. The van der Waals surface area contributed by atoms with Crippen LogP contribution >= 0.6 is 11.6 Å². The second-order valence-corrected chi connectivity index (χ2v) is 8.71. The van der Waals surface area contributed by atoms with E-state index in [1.165, 1.54) is 4.90 Å². The summed E-state index contributed by atoms with van der Waals surface area (Å²) in [6, 6.07) is 20.7. The van der Waals surface area contributed by atoms with Crippen molar-refractivity contribution in [2.45, 2.75) is 12.6 Å². The highest BCUT2D eigenvalue weighted by atomic mass is 35.5. The van der Waals surface area contributed by atoms with Crippen LogP contribution in [0.5, 0.6) is 5.75 Å². The maximum Gasteiger partial charge on any atom is 0.295 e. The third-order valence-corrected chi connectivity index (χ3v) is 6.34. The lowest BCUT2D eigenvalue weighted by molar-refractivity contribution is -0.140. The van der Waals surface area contributed by atoms with Crippen LogP contribution < -0.4 is 4.74 Å². The van der Waals surface area contributed by atoms with Crippen molar-refractivity contribution in [3.63, 3.8) is 0 Å². The maximum atomic E-state index is 13.3. The molecule has 1 fully saturated rings. The Morgan fingerprint density at radius 1 is 1.03 bits per heavy atom. The first-order valence-corrected chi connectivity index (χ1v) is 11.3. The average molecular weight is 485 g/mol. The van der Waals surface area contributed by atoms with Gasteiger partial charge in [0.15, 0.2) is 0 Å². The van der Waals surface area contributed by atoms with Crippen molar-refractivity contribution >= 4 is 39.8 Å². The van der Waals surface area contributed by atoms with E-state index >= 15 is 0 Å². The molecule has 1 N–H and O–H groups in total. The monoisotopic (exact) mass is 484 g/mol. The number of ether oxygens (including phenoxy) is 1. The molecule has 174 valence electrons. The van der Waals surface area contributed by atoms with Crippen LogP contribution in [-0.2, 0) is 16.1 Å². The third-order valence-electron chi connectivity index (χ3n) is 6.10. The highest BCUT2D eigenvalue weighted by Crippen LogP contribution is 2.41. The van der Waals surface area contributed by atoms with E-state index in [9.17, 15) is 14.7 Å². The minimum atomic E-state index is -0.805. The molecule has 0 saturated carbocycles. The van der Waals surface area contributed by atoms with Crippen LogP contribution in [0, 0.1) is 0 Å². The summed E-state index contributed by atoms with van der Waals surface area (Å²) in [6.07, 6.45) is 3.29. The molecule has 0 bridgehead atoms. The van der Waals surface area contributed by atoms with Gasteiger partial charge >= 0.3 is 0 Å². The SMILES string of the molecule is COc1ccc2cc(/C(O)=C3\C(=O)C(=O)N(Cc4cccnc4)C3c3cccc(Cl)c3)ccc2c1. The van der Waals surface area contributed by atoms with Crippen LogP contribution in [-0.4, -0.2) is 33.8 Å². The number of carbonyl (C=O) groups is 2. The zero-order chi connectivity index (χ0) is 24.5. The van der Waals surface area contributed by atoms with E-state index in [2.05, 4.69) is 4.98 Å². The molecule has 6 nitrogen and oxygen atoms in total. The lowest BCUT2D eigenvalue weighted by Gasteiger charge is -2.25. The summed E-state index contributed by atoms with van der Waals surface area (Å²) in [6.45, 7) is 0.157. The predicted octanol–water partition coefficient (Wildman–Crippen LogP) is 5.52. The molecule has 1 saturated heterocycles. The molecule has 0 radical (unpaired) electrons. The van der Waals surface area contributed by atoms with E-state index in [1.807, 2.05) is 30.3 Å². The molecule has 35 heavy (non-hydrogen) atoms. The Bertz CT molecular complexity index is 1480. The summed E-state index contributed by atoms with van der Waals surface area (Å²) < 4.78 is 5.28. The fraction of sp³-hybridized carbons (Fsp3) is 0.107. The predicted molar refractivity (Wildman–Crippen MR) is 134 cm³/mol. The van der Waals surface area contributed by atoms with Crippen molar-refractivity contribution in [2.24, 2.45) is 0 Å². The van der Waals surface area contributed by atoms with Gasteiger partial charge in [-0.2, -0.15) is 0 Å². The van der Waals surface area contributed by atoms with Gasteiger partial charge in [-0.15, -0.1) is 0 Å². The highest BCUT2D eigenvalue weighted by molar-refractivity contribution is 6.46. The maximum absolute atomic E-state index is 13.3. The molecule has 0 spiro atoms. The van der Waals surface area contributed by atoms with Crippen molar-refractivity contribution in [1.82, 2.24) is 9.88 Å². The molecule has 1 aliphatic rings. The van der Waals surface area contributed by atoms with E-state index < -0.39 is 17.7 Å². The Morgan fingerprint density at radius 2 is 1.83 bits per heavy atom. The summed E-state index contributed by atoms with van der Waals surface area (Å²) in [5.41, 5.74) is 1.86. The number of benzene rings is 3. The van der Waals surface area contributed by atoms with Crippen molar-refractivity contribution in [3.8, 4) is 5.75 Å². The van der Waals surface area contributed by atoms with Gasteiger partial charge in [-0.1, -0.05) is 48.0 Å². The van der Waals surface area contributed by atoms with Crippen molar-refractivity contribution in [3.05, 3.63) is 112 Å². The number of likely N-dealkylation sites (tertiary alicyclic amines) is 1. The molecule has 4 aromatic rings. The lowest BCUT2D eigenvalue weighted by Crippen LogP contribution is -2.29. The Hall–Kier alpha value is -4.16. The number of hydrogen-bond donors (Lipinski definition) is 1.